The third kappa shape index (κ3) is 3.06. The summed E-state index contributed by atoms with van der Waals surface area (Å²) in [6, 6.07) is 10.4. The van der Waals surface area contributed by atoms with E-state index in [1.807, 2.05) is 25.2 Å². The largest absolute Gasteiger partial charge is 0.313 e. The number of hydrogen-bond acceptors (Lipinski definition) is 5. The van der Waals surface area contributed by atoms with Gasteiger partial charge in [-0.3, -0.25) is 0 Å². The van der Waals surface area contributed by atoms with Gasteiger partial charge in [0.15, 0.2) is 5.16 Å². The van der Waals surface area contributed by atoms with Crippen LogP contribution in [0.4, 0.5) is 0 Å². The molecule has 0 bridgehead atoms. The highest BCUT2D eigenvalue weighted by Crippen LogP contribution is 2.29. The van der Waals surface area contributed by atoms with Crippen molar-refractivity contribution in [1.29, 1.82) is 0 Å². The molecule has 0 aliphatic carbocycles. The first-order chi connectivity index (χ1) is 10.3. The van der Waals surface area contributed by atoms with E-state index < -0.39 is 0 Å². The van der Waals surface area contributed by atoms with Crippen LogP contribution in [0.3, 0.4) is 0 Å². The second kappa shape index (κ2) is 6.24. The molecule has 0 unspecified atom stereocenters. The van der Waals surface area contributed by atoms with Crippen molar-refractivity contribution in [3.05, 3.63) is 42.2 Å². The molecule has 108 valence electrons. The Hall–Kier alpha value is -1.92. The van der Waals surface area contributed by atoms with Crippen LogP contribution in [0.1, 0.15) is 12.5 Å². The Morgan fingerprint density at radius 3 is 2.90 bits per heavy atom. The highest BCUT2D eigenvalue weighted by Gasteiger charge is 2.11. The summed E-state index contributed by atoms with van der Waals surface area (Å²) in [5.74, 6) is 0. The predicted octanol–water partition coefficient (Wildman–Crippen LogP) is 2.62. The zero-order valence-corrected chi connectivity index (χ0v) is 12.9. The van der Waals surface area contributed by atoms with Gasteiger partial charge >= 0.3 is 0 Å². The topological polar surface area (TPSA) is 55.6 Å². The number of benzene rings is 1. The number of nitrogens with one attached hydrogen (secondary N) is 1. The molecule has 2 aromatic heterocycles. The van der Waals surface area contributed by atoms with Gasteiger partial charge in [0.2, 0.25) is 0 Å². The van der Waals surface area contributed by atoms with Crippen molar-refractivity contribution in [2.24, 2.45) is 7.05 Å². The molecular formula is C15H17N5S. The average Bonchev–Trinajstić information content (AvgIpc) is 2.90. The summed E-state index contributed by atoms with van der Waals surface area (Å²) in [5.41, 5.74) is 2.19. The molecule has 6 heteroatoms. The Balaban J connectivity index is 2.02. The van der Waals surface area contributed by atoms with Crippen LogP contribution in [-0.4, -0.2) is 26.3 Å². The number of pyridine rings is 1. The maximum atomic E-state index is 4.79. The standard InChI is InChI=1S/C15H17N5S/c1-3-16-9-12-8-11-6-4-5-7-13(11)19-14(12)21-15-17-10-18-20(15)2/h4-8,10,16H,3,9H2,1-2H3. The van der Waals surface area contributed by atoms with Gasteiger partial charge in [0.1, 0.15) is 11.4 Å². The lowest BCUT2D eigenvalue weighted by molar-refractivity contribution is 0.682. The Kier molecular flexibility index (Phi) is 4.17. The van der Waals surface area contributed by atoms with Crippen LogP contribution in [0.15, 0.2) is 46.8 Å². The second-order valence-corrected chi connectivity index (χ2v) is 5.65. The third-order valence-electron chi connectivity index (χ3n) is 3.19. The zero-order valence-electron chi connectivity index (χ0n) is 12.1. The summed E-state index contributed by atoms with van der Waals surface area (Å²) in [6.07, 6.45) is 1.56. The molecule has 0 saturated heterocycles. The van der Waals surface area contributed by atoms with E-state index in [0.717, 1.165) is 34.2 Å². The molecule has 0 aliphatic heterocycles. The predicted molar refractivity (Wildman–Crippen MR) is 84.2 cm³/mol. The fraction of sp³-hybridized carbons (Fsp3) is 0.267. The van der Waals surface area contributed by atoms with Crippen LogP contribution in [0, 0.1) is 0 Å². The molecule has 2 heterocycles. The van der Waals surface area contributed by atoms with E-state index in [4.69, 9.17) is 4.98 Å². The Bertz CT molecular complexity index is 753. The van der Waals surface area contributed by atoms with Crippen LogP contribution in [0.2, 0.25) is 0 Å². The van der Waals surface area contributed by atoms with E-state index in [-0.39, 0.29) is 0 Å². The summed E-state index contributed by atoms with van der Waals surface area (Å²) < 4.78 is 1.76. The van der Waals surface area contributed by atoms with Crippen molar-refractivity contribution in [2.75, 3.05) is 6.54 Å². The highest BCUT2D eigenvalue weighted by atomic mass is 32.2. The summed E-state index contributed by atoms with van der Waals surface area (Å²) in [4.78, 5) is 9.05. The van der Waals surface area contributed by atoms with E-state index in [1.165, 1.54) is 5.56 Å². The van der Waals surface area contributed by atoms with Crippen molar-refractivity contribution < 1.29 is 0 Å². The van der Waals surface area contributed by atoms with Crippen molar-refractivity contribution in [1.82, 2.24) is 25.1 Å². The molecule has 1 N–H and O–H groups in total. The summed E-state index contributed by atoms with van der Waals surface area (Å²) >= 11 is 1.55. The minimum Gasteiger partial charge on any atom is -0.313 e. The smallest absolute Gasteiger partial charge is 0.192 e. The molecule has 0 amide bonds. The minimum atomic E-state index is 0.800. The molecule has 3 rings (SSSR count). The van der Waals surface area contributed by atoms with Gasteiger partial charge < -0.3 is 5.32 Å². The van der Waals surface area contributed by atoms with Crippen LogP contribution in [0.5, 0.6) is 0 Å². The van der Waals surface area contributed by atoms with Crippen LogP contribution >= 0.6 is 11.8 Å². The van der Waals surface area contributed by atoms with Crippen LogP contribution in [-0.2, 0) is 13.6 Å². The van der Waals surface area contributed by atoms with E-state index in [0.29, 0.717) is 0 Å². The van der Waals surface area contributed by atoms with Crippen molar-refractivity contribution in [2.45, 2.75) is 23.7 Å². The van der Waals surface area contributed by atoms with Crippen molar-refractivity contribution in [3.8, 4) is 0 Å². The quantitative estimate of drug-likeness (QED) is 0.785. The maximum absolute atomic E-state index is 4.79. The van der Waals surface area contributed by atoms with Gasteiger partial charge in [0.05, 0.1) is 5.52 Å². The van der Waals surface area contributed by atoms with Gasteiger partial charge in [-0.1, -0.05) is 25.1 Å². The molecule has 0 spiro atoms. The second-order valence-electron chi connectivity index (χ2n) is 4.69. The van der Waals surface area contributed by atoms with E-state index in [1.54, 1.807) is 22.8 Å². The lowest BCUT2D eigenvalue weighted by Crippen LogP contribution is -2.13. The zero-order chi connectivity index (χ0) is 14.7. The molecule has 21 heavy (non-hydrogen) atoms. The molecule has 0 fully saturated rings. The summed E-state index contributed by atoms with van der Waals surface area (Å²) in [6.45, 7) is 3.83. The monoisotopic (exact) mass is 299 g/mol. The lowest BCUT2D eigenvalue weighted by Gasteiger charge is -2.10. The highest BCUT2D eigenvalue weighted by molar-refractivity contribution is 7.99. The Morgan fingerprint density at radius 1 is 1.29 bits per heavy atom. The van der Waals surface area contributed by atoms with Gasteiger partial charge in [0, 0.05) is 19.0 Å². The van der Waals surface area contributed by atoms with E-state index in [9.17, 15) is 0 Å². The SMILES string of the molecule is CCNCc1cc2ccccc2nc1Sc1ncnn1C. The third-order valence-corrected chi connectivity index (χ3v) is 4.29. The normalized spacial score (nSPS) is 11.1. The van der Waals surface area contributed by atoms with Gasteiger partial charge in [-0.2, -0.15) is 5.10 Å². The number of fused-ring (bicyclic) bond motifs is 1. The summed E-state index contributed by atoms with van der Waals surface area (Å²) in [5, 5.41) is 10.5. The van der Waals surface area contributed by atoms with Crippen molar-refractivity contribution in [3.63, 3.8) is 0 Å². The number of hydrogen-bond donors (Lipinski definition) is 1. The fourth-order valence-electron chi connectivity index (χ4n) is 2.08. The molecule has 1 aromatic carbocycles. The Morgan fingerprint density at radius 2 is 2.14 bits per heavy atom. The van der Waals surface area contributed by atoms with Gasteiger partial charge in [0.25, 0.3) is 0 Å². The number of para-hydroxylation sites is 1. The Labute approximate surface area is 127 Å². The van der Waals surface area contributed by atoms with E-state index >= 15 is 0 Å². The first-order valence-corrected chi connectivity index (χ1v) is 7.71. The average molecular weight is 299 g/mol. The first kappa shape index (κ1) is 14.0. The summed E-state index contributed by atoms with van der Waals surface area (Å²) in [7, 11) is 1.89. The lowest BCUT2D eigenvalue weighted by atomic mass is 10.1. The van der Waals surface area contributed by atoms with Crippen LogP contribution in [0.25, 0.3) is 10.9 Å². The van der Waals surface area contributed by atoms with Crippen LogP contribution < -0.4 is 5.32 Å². The number of nitrogens with zero attached hydrogens (tertiary/aromatic N) is 4. The first-order valence-electron chi connectivity index (χ1n) is 6.89. The number of rotatable bonds is 5. The number of aromatic nitrogens is 4. The van der Waals surface area contributed by atoms with Crippen molar-refractivity contribution >= 4 is 22.7 Å². The number of aryl methyl sites for hydroxylation is 1. The molecule has 0 atom stereocenters. The molecule has 0 aliphatic rings. The van der Waals surface area contributed by atoms with E-state index in [2.05, 4.69) is 34.5 Å². The maximum Gasteiger partial charge on any atom is 0.192 e. The molecular weight excluding hydrogens is 282 g/mol. The molecule has 0 radical (unpaired) electrons. The van der Waals surface area contributed by atoms with Gasteiger partial charge in [-0.25, -0.2) is 14.6 Å². The fourth-order valence-corrected chi connectivity index (χ4v) is 2.94. The molecule has 0 saturated carbocycles. The molecule has 5 nitrogen and oxygen atoms in total. The van der Waals surface area contributed by atoms with Gasteiger partial charge in [-0.15, -0.1) is 0 Å². The molecule has 3 aromatic rings. The van der Waals surface area contributed by atoms with Gasteiger partial charge in [-0.05, 0) is 36.0 Å². The minimum absolute atomic E-state index is 0.800.